The van der Waals surface area contributed by atoms with Crippen LogP contribution in [0.4, 0.5) is 0 Å². The monoisotopic (exact) mass is 475 g/mol. The number of aryl methyl sites for hydroxylation is 1. The Morgan fingerprint density at radius 2 is 2.03 bits per heavy atom. The first kappa shape index (κ1) is 22.2. The lowest BCUT2D eigenvalue weighted by Crippen LogP contribution is -2.37. The fourth-order valence-corrected chi connectivity index (χ4v) is 5.26. The number of pyridine rings is 1. The van der Waals surface area contributed by atoms with E-state index in [9.17, 15) is 4.79 Å². The maximum atomic E-state index is 12.1. The number of nitrogens with one attached hydrogen (secondary N) is 1. The van der Waals surface area contributed by atoms with Crippen molar-refractivity contribution in [3.05, 3.63) is 70.1 Å². The first-order chi connectivity index (χ1) is 16.0. The normalized spacial score (nSPS) is 18.3. The summed E-state index contributed by atoms with van der Waals surface area (Å²) >= 11 is 6.42. The molecule has 2 fully saturated rings. The van der Waals surface area contributed by atoms with Crippen molar-refractivity contribution in [1.29, 1.82) is 0 Å². The quantitative estimate of drug-likeness (QED) is 0.431. The van der Waals surface area contributed by atoms with E-state index in [1.54, 1.807) is 0 Å². The van der Waals surface area contributed by atoms with E-state index in [1.807, 2.05) is 18.2 Å². The summed E-state index contributed by atoms with van der Waals surface area (Å²) in [5.74, 6) is -0.138. The molecule has 0 saturated carbocycles. The fraction of sp³-hybridized carbons (Fsp3) is 0.269. The molecule has 3 aromatic rings. The van der Waals surface area contributed by atoms with Crippen LogP contribution in [0.5, 0.6) is 0 Å². The van der Waals surface area contributed by atoms with E-state index < -0.39 is 0 Å². The number of nitrogens with zero attached hydrogens (tertiary/aromatic N) is 2. The second-order valence-corrected chi connectivity index (χ2v) is 10.1. The average molecular weight is 476 g/mol. The number of carbonyl (C=O) groups excluding carboxylic acids is 1. The van der Waals surface area contributed by atoms with Gasteiger partial charge in [0.05, 0.1) is 29.3 Å². The third kappa shape index (κ3) is 5.17. The van der Waals surface area contributed by atoms with Gasteiger partial charge in [0.25, 0.3) is 5.91 Å². The van der Waals surface area contributed by atoms with Gasteiger partial charge in [0.15, 0.2) is 0 Å². The highest BCUT2D eigenvalue weighted by atomic mass is 32.2. The van der Waals surface area contributed by atoms with E-state index in [1.165, 1.54) is 22.9 Å². The Labute approximate surface area is 203 Å². The number of amides is 1. The molecule has 1 amide bonds. The summed E-state index contributed by atoms with van der Waals surface area (Å²) in [7, 11) is 0. The molecule has 168 valence electrons. The molecule has 1 N–H and O–H groups in total. The fourth-order valence-electron chi connectivity index (χ4n) is 4.21. The lowest BCUT2D eigenvalue weighted by atomic mass is 9.98. The summed E-state index contributed by atoms with van der Waals surface area (Å²) in [6, 6.07) is 16.9. The van der Waals surface area contributed by atoms with Gasteiger partial charge in [-0.3, -0.25) is 9.69 Å². The second-order valence-electron chi connectivity index (χ2n) is 8.37. The summed E-state index contributed by atoms with van der Waals surface area (Å²) < 4.78 is 6.00. The molecule has 1 aromatic heterocycles. The van der Waals surface area contributed by atoms with E-state index in [-0.39, 0.29) is 5.91 Å². The van der Waals surface area contributed by atoms with Crippen molar-refractivity contribution in [2.24, 2.45) is 0 Å². The minimum atomic E-state index is -0.138. The molecule has 0 atom stereocenters. The van der Waals surface area contributed by atoms with Crippen LogP contribution in [-0.4, -0.2) is 53.0 Å². The summed E-state index contributed by atoms with van der Waals surface area (Å²) in [5, 5.41) is 3.84. The molecule has 3 heterocycles. The number of morpholine rings is 1. The van der Waals surface area contributed by atoms with Gasteiger partial charge in [0.1, 0.15) is 4.32 Å². The number of benzene rings is 2. The van der Waals surface area contributed by atoms with E-state index in [4.69, 9.17) is 21.9 Å². The van der Waals surface area contributed by atoms with Crippen LogP contribution in [0.2, 0.25) is 0 Å². The minimum Gasteiger partial charge on any atom is -0.379 e. The van der Waals surface area contributed by atoms with Crippen LogP contribution in [0, 0.1) is 6.92 Å². The Bertz CT molecular complexity index is 1270. The third-order valence-electron chi connectivity index (χ3n) is 5.95. The van der Waals surface area contributed by atoms with E-state index in [2.05, 4.69) is 53.5 Å². The number of aromatic nitrogens is 1. The number of thioether (sulfide) groups is 1. The van der Waals surface area contributed by atoms with Crippen LogP contribution < -0.4 is 5.32 Å². The summed E-state index contributed by atoms with van der Waals surface area (Å²) in [6.07, 6.45) is 2.81. The van der Waals surface area contributed by atoms with Gasteiger partial charge in [-0.25, -0.2) is 4.98 Å². The molecule has 2 aliphatic heterocycles. The molecule has 0 unspecified atom stereocenters. The largest absolute Gasteiger partial charge is 0.379 e. The van der Waals surface area contributed by atoms with Crippen molar-refractivity contribution in [2.75, 3.05) is 32.8 Å². The number of rotatable bonds is 5. The first-order valence-corrected chi connectivity index (χ1v) is 12.3. The summed E-state index contributed by atoms with van der Waals surface area (Å²) in [6.45, 7) is 6.62. The van der Waals surface area contributed by atoms with Crippen molar-refractivity contribution in [1.82, 2.24) is 15.2 Å². The molecule has 0 aliphatic carbocycles. The molecule has 0 radical (unpaired) electrons. The Kier molecular flexibility index (Phi) is 6.55. The molecule has 0 spiro atoms. The number of hydrogen-bond acceptors (Lipinski definition) is 6. The maximum Gasteiger partial charge on any atom is 0.263 e. The summed E-state index contributed by atoms with van der Waals surface area (Å²) in [4.78, 5) is 20.3. The molecular formula is C26H25N3O2S2. The highest BCUT2D eigenvalue weighted by molar-refractivity contribution is 8.26. The summed E-state index contributed by atoms with van der Waals surface area (Å²) in [5.41, 5.74) is 6.44. The maximum absolute atomic E-state index is 12.1. The number of hydrogen-bond donors (Lipinski definition) is 1. The van der Waals surface area contributed by atoms with Crippen LogP contribution in [-0.2, 0) is 16.0 Å². The zero-order chi connectivity index (χ0) is 22.8. The molecule has 7 heteroatoms. The van der Waals surface area contributed by atoms with Gasteiger partial charge in [0, 0.05) is 30.6 Å². The highest BCUT2D eigenvalue weighted by Gasteiger charge is 2.22. The predicted octanol–water partition coefficient (Wildman–Crippen LogP) is 4.57. The third-order valence-corrected chi connectivity index (χ3v) is 7.12. The second kappa shape index (κ2) is 9.73. The Hall–Kier alpha value is -2.58. The molecule has 5 nitrogen and oxygen atoms in total. The van der Waals surface area contributed by atoms with Crippen LogP contribution >= 0.6 is 24.0 Å². The topological polar surface area (TPSA) is 54.5 Å². The van der Waals surface area contributed by atoms with Gasteiger partial charge in [-0.1, -0.05) is 54.3 Å². The average Bonchev–Trinajstić information content (AvgIpc) is 3.14. The lowest BCUT2D eigenvalue weighted by Gasteiger charge is -2.26. The van der Waals surface area contributed by atoms with Crippen molar-refractivity contribution in [3.63, 3.8) is 0 Å². The Morgan fingerprint density at radius 1 is 1.18 bits per heavy atom. The van der Waals surface area contributed by atoms with Crippen LogP contribution in [0.25, 0.3) is 28.2 Å². The number of thiocarbonyl (C=S) groups is 1. The smallest absolute Gasteiger partial charge is 0.263 e. The zero-order valence-electron chi connectivity index (χ0n) is 18.5. The molecule has 2 saturated heterocycles. The first-order valence-electron chi connectivity index (χ1n) is 11.1. The molecular weight excluding hydrogens is 450 g/mol. The number of ether oxygens (including phenoxy) is 1. The van der Waals surface area contributed by atoms with Crippen molar-refractivity contribution < 1.29 is 9.53 Å². The number of fused-ring (bicyclic) bond motifs is 1. The lowest BCUT2D eigenvalue weighted by molar-refractivity contribution is -0.115. The van der Waals surface area contributed by atoms with Gasteiger partial charge in [-0.15, -0.1) is 0 Å². The Balaban J connectivity index is 1.52. The van der Waals surface area contributed by atoms with Crippen molar-refractivity contribution in [3.8, 4) is 11.3 Å². The van der Waals surface area contributed by atoms with Crippen molar-refractivity contribution >= 4 is 51.2 Å². The van der Waals surface area contributed by atoms with Gasteiger partial charge < -0.3 is 10.1 Å². The molecule has 33 heavy (non-hydrogen) atoms. The molecule has 0 bridgehead atoms. The zero-order valence-corrected chi connectivity index (χ0v) is 20.1. The van der Waals surface area contributed by atoms with Crippen LogP contribution in [0.15, 0.2) is 53.4 Å². The van der Waals surface area contributed by atoms with Crippen molar-refractivity contribution in [2.45, 2.75) is 13.3 Å². The number of carbonyl (C=O) groups is 1. The minimum absolute atomic E-state index is 0.138. The van der Waals surface area contributed by atoms with Crippen LogP contribution in [0.3, 0.4) is 0 Å². The van der Waals surface area contributed by atoms with Crippen LogP contribution in [0.1, 0.15) is 16.7 Å². The van der Waals surface area contributed by atoms with Gasteiger partial charge in [-0.05, 0) is 54.3 Å². The molecule has 5 rings (SSSR count). The predicted molar refractivity (Wildman–Crippen MR) is 139 cm³/mol. The van der Waals surface area contributed by atoms with E-state index in [0.717, 1.165) is 67.0 Å². The Morgan fingerprint density at radius 3 is 2.82 bits per heavy atom. The standard InChI is InChI=1S/C26H25N3O2S2/c1-17-5-6-19-16-21(7-8-29-9-11-31-12-10-29)24(27-22(19)13-17)20-4-2-3-18(14-20)15-23-25(30)28-26(32)33-23/h2-6,13-16H,7-12H2,1H3,(H,28,30,32)/b23-15-. The van der Waals surface area contributed by atoms with Gasteiger partial charge >= 0.3 is 0 Å². The van der Waals surface area contributed by atoms with E-state index in [0.29, 0.717) is 9.23 Å². The molecule has 2 aromatic carbocycles. The SMILES string of the molecule is Cc1ccc2cc(CCN3CCOCC3)c(-c3cccc(/C=C4\SC(=S)NC4=O)c3)nc2c1. The molecule has 2 aliphatic rings. The van der Waals surface area contributed by atoms with E-state index >= 15 is 0 Å². The highest BCUT2D eigenvalue weighted by Crippen LogP contribution is 2.30. The van der Waals surface area contributed by atoms with Gasteiger partial charge in [0.2, 0.25) is 0 Å². The van der Waals surface area contributed by atoms with Gasteiger partial charge in [-0.2, -0.15) is 0 Å².